The van der Waals surface area contributed by atoms with Gasteiger partial charge in [-0.3, -0.25) is 4.90 Å². The predicted octanol–water partition coefficient (Wildman–Crippen LogP) is 1.38. The zero-order chi connectivity index (χ0) is 16.3. The zero-order valence-corrected chi connectivity index (χ0v) is 13.6. The molecule has 5 rings (SSSR count). The highest BCUT2D eigenvalue weighted by Gasteiger charge is 2.49. The first-order valence-corrected chi connectivity index (χ1v) is 8.42. The van der Waals surface area contributed by atoms with Crippen LogP contribution in [-0.2, 0) is 16.0 Å². The van der Waals surface area contributed by atoms with Crippen molar-refractivity contribution in [3.05, 3.63) is 34.9 Å². The summed E-state index contributed by atoms with van der Waals surface area (Å²) < 4.78 is 21.8. The second-order valence-corrected chi connectivity index (χ2v) is 6.87. The summed E-state index contributed by atoms with van der Waals surface area (Å²) in [5.41, 5.74) is 3.74. The summed E-state index contributed by atoms with van der Waals surface area (Å²) in [7, 11) is 1.60. The third kappa shape index (κ3) is 2.04. The van der Waals surface area contributed by atoms with Gasteiger partial charge in [0.25, 0.3) is 0 Å². The average Bonchev–Trinajstić information content (AvgIpc) is 3.20. The normalized spacial score (nSPS) is 33.2. The monoisotopic (exact) mass is 331 g/mol. The second-order valence-electron chi connectivity index (χ2n) is 6.87. The van der Waals surface area contributed by atoms with Gasteiger partial charge < -0.3 is 24.1 Å². The smallest absolute Gasteiger partial charge is 0.231 e. The molecule has 3 heterocycles. The maximum atomic E-state index is 11.0. The molecule has 6 nitrogen and oxygen atoms in total. The van der Waals surface area contributed by atoms with E-state index in [-0.39, 0.29) is 31.6 Å². The number of aliphatic hydroxyl groups is 1. The molecule has 4 atom stereocenters. The molecule has 0 aromatic heterocycles. The first-order chi connectivity index (χ1) is 11.8. The standard InChI is InChI=1S/C18H21NO5/c1-21-8-22-15-4-10-2-3-19-7-11-5-13-14(24-9-23-13)6-12(11)16(17(10)19)18(15)20/h4-6,15-18,20H,2-3,7-9H2,1H3/t15-,16-,17+,18+/m0/s1. The van der Waals surface area contributed by atoms with Gasteiger partial charge in [-0.1, -0.05) is 11.6 Å². The SMILES string of the molecule is COCO[C@H]1C=C2CCN3Cc4cc5c(cc4[C@H]([C@@H]1O)[C@@H]23)OCO5. The number of benzene rings is 1. The van der Waals surface area contributed by atoms with Crippen LogP contribution < -0.4 is 9.47 Å². The van der Waals surface area contributed by atoms with Gasteiger partial charge in [0.1, 0.15) is 12.9 Å². The van der Waals surface area contributed by atoms with E-state index in [9.17, 15) is 5.11 Å². The van der Waals surface area contributed by atoms with E-state index in [0.717, 1.165) is 36.6 Å². The average molecular weight is 331 g/mol. The zero-order valence-electron chi connectivity index (χ0n) is 13.6. The number of aliphatic hydroxyl groups excluding tert-OH is 1. The van der Waals surface area contributed by atoms with Crippen molar-refractivity contribution < 1.29 is 24.1 Å². The van der Waals surface area contributed by atoms with Crippen LogP contribution in [0.25, 0.3) is 0 Å². The molecule has 1 N–H and O–H groups in total. The summed E-state index contributed by atoms with van der Waals surface area (Å²) in [6.45, 7) is 2.36. The number of methoxy groups -OCH3 is 1. The number of hydrogen-bond donors (Lipinski definition) is 1. The van der Waals surface area contributed by atoms with E-state index in [0.29, 0.717) is 0 Å². The van der Waals surface area contributed by atoms with Crippen LogP contribution in [0.5, 0.6) is 11.5 Å². The molecule has 0 saturated carbocycles. The first-order valence-electron chi connectivity index (χ1n) is 8.42. The van der Waals surface area contributed by atoms with Crippen LogP contribution in [0.1, 0.15) is 23.5 Å². The van der Waals surface area contributed by atoms with Crippen LogP contribution in [0, 0.1) is 0 Å². The molecule has 1 aliphatic carbocycles. The first kappa shape index (κ1) is 14.7. The van der Waals surface area contributed by atoms with Gasteiger partial charge in [-0.15, -0.1) is 0 Å². The quantitative estimate of drug-likeness (QED) is 0.667. The molecule has 3 aliphatic heterocycles. The molecule has 0 unspecified atom stereocenters. The molecular formula is C18H21NO5. The lowest BCUT2D eigenvalue weighted by Crippen LogP contribution is -2.50. The van der Waals surface area contributed by atoms with Crippen molar-refractivity contribution in [3.63, 3.8) is 0 Å². The fourth-order valence-corrected chi connectivity index (χ4v) is 4.63. The van der Waals surface area contributed by atoms with Gasteiger partial charge in [-0.25, -0.2) is 0 Å². The van der Waals surface area contributed by atoms with Gasteiger partial charge in [0.15, 0.2) is 11.5 Å². The molecule has 0 amide bonds. The summed E-state index contributed by atoms with van der Waals surface area (Å²) in [4.78, 5) is 2.46. The molecule has 0 bridgehead atoms. The molecule has 1 fully saturated rings. The summed E-state index contributed by atoms with van der Waals surface area (Å²) in [6.07, 6.45) is 2.19. The Labute approximate surface area is 140 Å². The Morgan fingerprint density at radius 3 is 2.96 bits per heavy atom. The Morgan fingerprint density at radius 2 is 2.12 bits per heavy atom. The highest BCUT2D eigenvalue weighted by molar-refractivity contribution is 5.53. The molecule has 1 aromatic carbocycles. The molecule has 24 heavy (non-hydrogen) atoms. The van der Waals surface area contributed by atoms with Crippen molar-refractivity contribution in [1.29, 1.82) is 0 Å². The minimum Gasteiger partial charge on any atom is -0.454 e. The number of fused-ring (bicyclic) bond motifs is 3. The predicted molar refractivity (Wildman–Crippen MR) is 85.0 cm³/mol. The highest BCUT2D eigenvalue weighted by Crippen LogP contribution is 2.49. The van der Waals surface area contributed by atoms with Crippen LogP contribution >= 0.6 is 0 Å². The van der Waals surface area contributed by atoms with Crippen molar-refractivity contribution in [1.82, 2.24) is 4.90 Å². The molecule has 128 valence electrons. The number of hydrogen-bond acceptors (Lipinski definition) is 6. The van der Waals surface area contributed by atoms with E-state index in [1.54, 1.807) is 7.11 Å². The summed E-state index contributed by atoms with van der Waals surface area (Å²) in [5, 5.41) is 11.0. The Bertz CT molecular complexity index is 703. The lowest BCUT2D eigenvalue weighted by Gasteiger charge is -2.45. The van der Waals surface area contributed by atoms with Crippen molar-refractivity contribution in [2.24, 2.45) is 0 Å². The van der Waals surface area contributed by atoms with Crippen molar-refractivity contribution in [2.75, 3.05) is 27.2 Å². The molecule has 0 radical (unpaired) electrons. The number of nitrogens with zero attached hydrogens (tertiary/aromatic N) is 1. The van der Waals surface area contributed by atoms with Crippen molar-refractivity contribution in [2.45, 2.75) is 37.1 Å². The van der Waals surface area contributed by atoms with Crippen LogP contribution in [0.4, 0.5) is 0 Å². The van der Waals surface area contributed by atoms with E-state index in [1.807, 2.05) is 0 Å². The third-order valence-corrected chi connectivity index (χ3v) is 5.63. The second kappa shape index (κ2) is 5.46. The molecule has 6 heteroatoms. The lowest BCUT2D eigenvalue weighted by molar-refractivity contribution is -0.107. The van der Waals surface area contributed by atoms with Gasteiger partial charge in [0, 0.05) is 32.2 Å². The van der Waals surface area contributed by atoms with E-state index >= 15 is 0 Å². The maximum absolute atomic E-state index is 11.0. The maximum Gasteiger partial charge on any atom is 0.231 e. The number of rotatable bonds is 3. The van der Waals surface area contributed by atoms with Crippen molar-refractivity contribution >= 4 is 0 Å². The Balaban J connectivity index is 1.59. The van der Waals surface area contributed by atoms with E-state index in [4.69, 9.17) is 18.9 Å². The Hall–Kier alpha value is -1.60. The molecular weight excluding hydrogens is 310 g/mol. The lowest BCUT2D eigenvalue weighted by atomic mass is 9.73. The van der Waals surface area contributed by atoms with E-state index in [2.05, 4.69) is 23.1 Å². The Morgan fingerprint density at radius 1 is 1.29 bits per heavy atom. The molecule has 1 aromatic rings. The summed E-state index contributed by atoms with van der Waals surface area (Å²) in [6, 6.07) is 4.38. The van der Waals surface area contributed by atoms with Gasteiger partial charge in [-0.2, -0.15) is 0 Å². The van der Waals surface area contributed by atoms with Crippen molar-refractivity contribution in [3.8, 4) is 11.5 Å². The summed E-state index contributed by atoms with van der Waals surface area (Å²) >= 11 is 0. The summed E-state index contributed by atoms with van der Waals surface area (Å²) in [5.74, 6) is 1.57. The Kier molecular flexibility index (Phi) is 3.35. The molecule has 1 saturated heterocycles. The fraction of sp³-hybridized carbons (Fsp3) is 0.556. The number of ether oxygens (including phenoxy) is 4. The van der Waals surface area contributed by atoms with Gasteiger partial charge in [-0.05, 0) is 29.7 Å². The van der Waals surface area contributed by atoms with Crippen LogP contribution in [0.15, 0.2) is 23.8 Å². The third-order valence-electron chi connectivity index (χ3n) is 5.63. The topological polar surface area (TPSA) is 60.4 Å². The van der Waals surface area contributed by atoms with Crippen LogP contribution in [0.3, 0.4) is 0 Å². The van der Waals surface area contributed by atoms with E-state index < -0.39 is 6.10 Å². The van der Waals surface area contributed by atoms with Gasteiger partial charge in [0.2, 0.25) is 6.79 Å². The van der Waals surface area contributed by atoms with Crippen LogP contribution in [-0.4, -0.2) is 55.5 Å². The molecule has 4 aliphatic rings. The minimum absolute atomic E-state index is 0.00685. The van der Waals surface area contributed by atoms with Gasteiger partial charge in [0.05, 0.1) is 6.10 Å². The van der Waals surface area contributed by atoms with Gasteiger partial charge >= 0.3 is 0 Å². The molecule has 0 spiro atoms. The largest absolute Gasteiger partial charge is 0.454 e. The van der Waals surface area contributed by atoms with Crippen LogP contribution in [0.2, 0.25) is 0 Å². The fourth-order valence-electron chi connectivity index (χ4n) is 4.63. The highest BCUT2D eigenvalue weighted by atomic mass is 16.7. The van der Waals surface area contributed by atoms with E-state index in [1.165, 1.54) is 11.1 Å². The minimum atomic E-state index is -0.603.